The Morgan fingerprint density at radius 3 is 2.27 bits per heavy atom. The van der Waals surface area contributed by atoms with Gasteiger partial charge in [0.2, 0.25) is 0 Å². The number of aliphatic hydroxyl groups is 1. The van der Waals surface area contributed by atoms with E-state index in [4.69, 9.17) is 0 Å². The molecular formula is C21H26F6N2O. The number of alkyl halides is 6. The van der Waals surface area contributed by atoms with Crippen molar-refractivity contribution >= 4 is 10.9 Å². The second kappa shape index (κ2) is 10.4. The lowest BCUT2D eigenvalue weighted by atomic mass is 9.99. The van der Waals surface area contributed by atoms with Crippen LogP contribution >= 0.6 is 0 Å². The molecule has 2 rings (SSSR count). The SMILES string of the molecule is CCCCCCCCNCC(O)c1cc(C(F)(F)F)nc2c(C(F)(F)F)cccc12. The van der Waals surface area contributed by atoms with Crippen LogP contribution in [0.5, 0.6) is 0 Å². The molecule has 2 N–H and O–H groups in total. The Labute approximate surface area is 171 Å². The van der Waals surface area contributed by atoms with Gasteiger partial charge >= 0.3 is 12.4 Å². The number of fused-ring (bicyclic) bond motifs is 1. The number of nitrogens with one attached hydrogen (secondary N) is 1. The van der Waals surface area contributed by atoms with Crippen LogP contribution in [0.1, 0.15) is 68.4 Å². The van der Waals surface area contributed by atoms with E-state index in [1.807, 2.05) is 0 Å². The first-order chi connectivity index (χ1) is 14.1. The number of hydrogen-bond acceptors (Lipinski definition) is 3. The van der Waals surface area contributed by atoms with Crippen molar-refractivity contribution in [3.8, 4) is 0 Å². The number of rotatable bonds is 10. The minimum absolute atomic E-state index is 0.0678. The van der Waals surface area contributed by atoms with Crippen LogP contribution in [0, 0.1) is 0 Å². The normalized spacial score (nSPS) is 13.7. The summed E-state index contributed by atoms with van der Waals surface area (Å²) in [5.74, 6) is 0. The minimum atomic E-state index is -4.94. The highest BCUT2D eigenvalue weighted by molar-refractivity contribution is 5.86. The monoisotopic (exact) mass is 436 g/mol. The van der Waals surface area contributed by atoms with Crippen LogP contribution in [0.2, 0.25) is 0 Å². The van der Waals surface area contributed by atoms with Gasteiger partial charge in [-0.1, -0.05) is 51.2 Å². The second-order valence-corrected chi connectivity index (χ2v) is 7.28. The lowest BCUT2D eigenvalue weighted by molar-refractivity contribution is -0.142. The molecule has 0 amide bonds. The molecule has 1 unspecified atom stereocenters. The Bertz CT molecular complexity index is 819. The number of halogens is 6. The van der Waals surface area contributed by atoms with Crippen molar-refractivity contribution in [1.29, 1.82) is 0 Å². The van der Waals surface area contributed by atoms with Gasteiger partial charge in [0.15, 0.2) is 0 Å². The second-order valence-electron chi connectivity index (χ2n) is 7.28. The molecule has 9 heteroatoms. The number of aliphatic hydroxyl groups excluding tert-OH is 1. The van der Waals surface area contributed by atoms with E-state index in [0.29, 0.717) is 18.7 Å². The molecule has 1 aromatic carbocycles. The molecule has 1 aromatic heterocycles. The fourth-order valence-electron chi connectivity index (χ4n) is 3.30. The van der Waals surface area contributed by atoms with Crippen LogP contribution in [-0.2, 0) is 12.4 Å². The quantitative estimate of drug-likeness (QED) is 0.342. The molecule has 0 radical (unpaired) electrons. The molecule has 0 fully saturated rings. The van der Waals surface area contributed by atoms with Crippen LogP contribution in [0.3, 0.4) is 0 Å². The van der Waals surface area contributed by atoms with Crippen LogP contribution < -0.4 is 5.32 Å². The summed E-state index contributed by atoms with van der Waals surface area (Å²) in [6.07, 6.45) is -4.83. The molecular weight excluding hydrogens is 410 g/mol. The van der Waals surface area contributed by atoms with Crippen molar-refractivity contribution in [3.63, 3.8) is 0 Å². The zero-order valence-electron chi connectivity index (χ0n) is 16.7. The summed E-state index contributed by atoms with van der Waals surface area (Å²) in [5, 5.41) is 13.3. The molecule has 168 valence electrons. The molecule has 0 spiro atoms. The third kappa shape index (κ3) is 6.57. The lowest BCUT2D eigenvalue weighted by Gasteiger charge is -2.19. The zero-order valence-corrected chi connectivity index (χ0v) is 16.7. The van der Waals surface area contributed by atoms with Gasteiger partial charge in [0.05, 0.1) is 17.2 Å². The maximum Gasteiger partial charge on any atom is 0.433 e. The number of nitrogens with zero attached hydrogens (tertiary/aromatic N) is 1. The van der Waals surface area contributed by atoms with Gasteiger partial charge in [-0.3, -0.25) is 0 Å². The zero-order chi connectivity index (χ0) is 22.4. The smallest absolute Gasteiger partial charge is 0.387 e. The van der Waals surface area contributed by atoms with Gasteiger partial charge in [-0.25, -0.2) is 4.98 Å². The van der Waals surface area contributed by atoms with Gasteiger partial charge in [0.25, 0.3) is 0 Å². The third-order valence-corrected chi connectivity index (χ3v) is 4.87. The summed E-state index contributed by atoms with van der Waals surface area (Å²) in [6, 6.07) is 3.64. The maximum absolute atomic E-state index is 13.3. The summed E-state index contributed by atoms with van der Waals surface area (Å²) >= 11 is 0. The van der Waals surface area contributed by atoms with Gasteiger partial charge in [-0.05, 0) is 30.7 Å². The predicted molar refractivity (Wildman–Crippen MR) is 103 cm³/mol. The predicted octanol–water partition coefficient (Wildman–Crippen LogP) is 6.26. The molecule has 0 saturated heterocycles. The Kier molecular flexibility index (Phi) is 8.49. The van der Waals surface area contributed by atoms with Gasteiger partial charge < -0.3 is 10.4 Å². The Hall–Kier alpha value is -1.87. The third-order valence-electron chi connectivity index (χ3n) is 4.87. The number of unbranched alkanes of at least 4 members (excludes halogenated alkanes) is 5. The van der Waals surface area contributed by atoms with Crippen LogP contribution in [0.4, 0.5) is 26.3 Å². The van der Waals surface area contributed by atoms with Gasteiger partial charge in [0, 0.05) is 11.9 Å². The van der Waals surface area contributed by atoms with E-state index in [-0.39, 0.29) is 17.5 Å². The van der Waals surface area contributed by atoms with E-state index >= 15 is 0 Å². The van der Waals surface area contributed by atoms with E-state index in [2.05, 4.69) is 17.2 Å². The molecule has 0 saturated carbocycles. The summed E-state index contributed by atoms with van der Waals surface area (Å²) < 4.78 is 79.5. The van der Waals surface area contributed by atoms with Crippen LogP contribution in [-0.4, -0.2) is 23.2 Å². The largest absolute Gasteiger partial charge is 0.433 e. The number of para-hydroxylation sites is 1. The highest BCUT2D eigenvalue weighted by Gasteiger charge is 2.37. The molecule has 0 aliphatic heterocycles. The van der Waals surface area contributed by atoms with E-state index in [1.54, 1.807) is 0 Å². The molecule has 0 aliphatic carbocycles. The highest BCUT2D eigenvalue weighted by Crippen LogP contribution is 2.38. The number of hydrogen-bond donors (Lipinski definition) is 2. The first-order valence-corrected chi connectivity index (χ1v) is 10.0. The number of aromatic nitrogens is 1. The molecule has 1 atom stereocenters. The summed E-state index contributed by atoms with van der Waals surface area (Å²) in [6.45, 7) is 2.61. The molecule has 0 aliphatic rings. The highest BCUT2D eigenvalue weighted by atomic mass is 19.4. The Morgan fingerprint density at radius 1 is 0.967 bits per heavy atom. The van der Waals surface area contributed by atoms with Crippen molar-refractivity contribution in [2.45, 2.75) is 63.9 Å². The summed E-state index contributed by atoms with van der Waals surface area (Å²) in [4.78, 5) is 3.22. The Morgan fingerprint density at radius 2 is 1.63 bits per heavy atom. The van der Waals surface area contributed by atoms with E-state index < -0.39 is 35.2 Å². The van der Waals surface area contributed by atoms with Gasteiger partial charge in [-0.2, -0.15) is 26.3 Å². The van der Waals surface area contributed by atoms with Crippen LogP contribution in [0.25, 0.3) is 10.9 Å². The maximum atomic E-state index is 13.3. The van der Waals surface area contributed by atoms with E-state index in [9.17, 15) is 31.4 Å². The first-order valence-electron chi connectivity index (χ1n) is 10.0. The standard InChI is InChI=1S/C21H26F6N2O/c1-2-3-4-5-6-7-11-28-13-17(30)15-12-18(21(25,26)27)29-19-14(15)9-8-10-16(19)20(22,23)24/h8-10,12,17,28,30H,2-7,11,13H2,1H3. The van der Waals surface area contributed by atoms with Crippen molar-refractivity contribution < 1.29 is 31.4 Å². The molecule has 2 aromatic rings. The van der Waals surface area contributed by atoms with Crippen LogP contribution in [0.15, 0.2) is 24.3 Å². The fraction of sp³-hybridized carbons (Fsp3) is 0.571. The van der Waals surface area contributed by atoms with Crippen molar-refractivity contribution in [3.05, 3.63) is 41.1 Å². The lowest BCUT2D eigenvalue weighted by Crippen LogP contribution is -2.23. The van der Waals surface area contributed by atoms with Gasteiger partial charge in [0.1, 0.15) is 5.69 Å². The van der Waals surface area contributed by atoms with E-state index in [0.717, 1.165) is 38.2 Å². The molecule has 30 heavy (non-hydrogen) atoms. The molecule has 0 bridgehead atoms. The van der Waals surface area contributed by atoms with E-state index in [1.165, 1.54) is 12.5 Å². The topological polar surface area (TPSA) is 45.1 Å². The van der Waals surface area contributed by atoms with Crippen molar-refractivity contribution in [2.24, 2.45) is 0 Å². The molecule has 3 nitrogen and oxygen atoms in total. The average molecular weight is 436 g/mol. The Balaban J connectivity index is 2.21. The average Bonchev–Trinajstić information content (AvgIpc) is 2.67. The summed E-state index contributed by atoms with van der Waals surface area (Å²) in [5.41, 5.74) is -3.77. The number of benzene rings is 1. The fourth-order valence-corrected chi connectivity index (χ4v) is 3.30. The summed E-state index contributed by atoms with van der Waals surface area (Å²) in [7, 11) is 0. The molecule has 1 heterocycles. The first kappa shape index (κ1) is 24.4. The van der Waals surface area contributed by atoms with Crippen molar-refractivity contribution in [1.82, 2.24) is 10.3 Å². The minimum Gasteiger partial charge on any atom is -0.387 e. The van der Waals surface area contributed by atoms with Crippen molar-refractivity contribution in [2.75, 3.05) is 13.1 Å². The number of pyridine rings is 1. The van der Waals surface area contributed by atoms with Gasteiger partial charge in [-0.15, -0.1) is 0 Å².